The molecule has 0 amide bonds. The van der Waals surface area contributed by atoms with Gasteiger partial charge in [-0.05, 0) is 39.8 Å². The molecule has 142 valence electrons. The zero-order valence-corrected chi connectivity index (χ0v) is 18.1. The van der Waals surface area contributed by atoms with Crippen molar-refractivity contribution >= 4 is 31.6 Å². The SMILES string of the molecule is CC1(C)OB(c2cn(COCC[Si](C)(C)C)c3cnccc23)OC1(C)C. The van der Waals surface area contributed by atoms with Gasteiger partial charge in [0.2, 0.25) is 0 Å². The third kappa shape index (κ3) is 3.91. The standard InChI is InChI=1S/C19H31BN2O3Si/c1-18(2)19(3,4)25-20(24-18)16-13-22(14-23-10-11-26(5,6)7)17-12-21-9-8-15(16)17/h8-9,12-13H,10-11,14H2,1-7H3. The molecule has 0 unspecified atom stereocenters. The van der Waals surface area contributed by atoms with Gasteiger partial charge in [-0.3, -0.25) is 4.98 Å². The van der Waals surface area contributed by atoms with Crippen LogP contribution in [0.15, 0.2) is 24.7 Å². The Bertz CT molecular complexity index is 767. The summed E-state index contributed by atoms with van der Waals surface area (Å²) in [4.78, 5) is 4.29. The fraction of sp³-hybridized carbons (Fsp3) is 0.632. The summed E-state index contributed by atoms with van der Waals surface area (Å²) in [6, 6.07) is 3.18. The summed E-state index contributed by atoms with van der Waals surface area (Å²) in [7, 11) is -1.47. The van der Waals surface area contributed by atoms with Gasteiger partial charge in [-0.2, -0.15) is 0 Å². The Kier molecular flexibility index (Phi) is 5.12. The van der Waals surface area contributed by atoms with Crippen LogP contribution in [0.25, 0.3) is 10.9 Å². The van der Waals surface area contributed by atoms with Crippen LogP contribution in [-0.2, 0) is 20.8 Å². The molecule has 3 heterocycles. The first-order valence-electron chi connectivity index (χ1n) is 9.36. The first-order chi connectivity index (χ1) is 12.0. The van der Waals surface area contributed by atoms with Crippen LogP contribution < -0.4 is 5.46 Å². The van der Waals surface area contributed by atoms with Gasteiger partial charge >= 0.3 is 7.12 Å². The fourth-order valence-corrected chi connectivity index (χ4v) is 3.73. The molecule has 0 aromatic carbocycles. The molecule has 0 saturated carbocycles. The molecule has 26 heavy (non-hydrogen) atoms. The molecule has 0 N–H and O–H groups in total. The van der Waals surface area contributed by atoms with Crippen LogP contribution in [0.4, 0.5) is 0 Å². The Morgan fingerprint density at radius 3 is 2.42 bits per heavy atom. The van der Waals surface area contributed by atoms with Crippen LogP contribution >= 0.6 is 0 Å². The van der Waals surface area contributed by atoms with E-state index in [1.165, 1.54) is 0 Å². The van der Waals surface area contributed by atoms with E-state index in [1.807, 2.05) is 18.5 Å². The summed E-state index contributed by atoms with van der Waals surface area (Å²) in [5.41, 5.74) is 1.37. The average molecular weight is 374 g/mol. The lowest BCUT2D eigenvalue weighted by Gasteiger charge is -2.32. The van der Waals surface area contributed by atoms with Crippen molar-refractivity contribution in [2.45, 2.75) is 71.3 Å². The molecule has 2 aromatic heterocycles. The first-order valence-corrected chi connectivity index (χ1v) is 13.1. The summed E-state index contributed by atoms with van der Waals surface area (Å²) in [6.45, 7) is 16.7. The number of rotatable bonds is 6. The van der Waals surface area contributed by atoms with E-state index < -0.39 is 8.07 Å². The highest BCUT2D eigenvalue weighted by Crippen LogP contribution is 2.37. The Labute approximate surface area is 158 Å². The lowest BCUT2D eigenvalue weighted by Crippen LogP contribution is -2.41. The van der Waals surface area contributed by atoms with E-state index in [2.05, 4.69) is 63.1 Å². The normalized spacial score (nSPS) is 19.4. The minimum absolute atomic E-state index is 0.354. The maximum Gasteiger partial charge on any atom is 0.497 e. The van der Waals surface area contributed by atoms with Gasteiger partial charge in [-0.1, -0.05) is 19.6 Å². The molecule has 1 saturated heterocycles. The Morgan fingerprint density at radius 2 is 1.81 bits per heavy atom. The van der Waals surface area contributed by atoms with E-state index >= 15 is 0 Å². The first kappa shape index (κ1) is 19.6. The highest BCUT2D eigenvalue weighted by Gasteiger charge is 2.52. The van der Waals surface area contributed by atoms with Crippen molar-refractivity contribution in [3.8, 4) is 0 Å². The molecule has 0 spiro atoms. The fourth-order valence-electron chi connectivity index (χ4n) is 2.97. The molecule has 0 radical (unpaired) electrons. The largest absolute Gasteiger partial charge is 0.497 e. The van der Waals surface area contributed by atoms with E-state index in [-0.39, 0.29) is 18.3 Å². The molecule has 3 rings (SSSR count). The maximum absolute atomic E-state index is 6.25. The Morgan fingerprint density at radius 1 is 1.15 bits per heavy atom. The summed E-state index contributed by atoms with van der Waals surface area (Å²) >= 11 is 0. The van der Waals surface area contributed by atoms with E-state index in [0.29, 0.717) is 6.73 Å². The summed E-state index contributed by atoms with van der Waals surface area (Å²) in [5, 5.41) is 1.10. The molecular formula is C19H31BN2O3Si. The molecule has 0 atom stereocenters. The third-order valence-corrected chi connectivity index (χ3v) is 7.15. The van der Waals surface area contributed by atoms with Crippen molar-refractivity contribution in [2.24, 2.45) is 0 Å². The van der Waals surface area contributed by atoms with Gasteiger partial charge in [0.25, 0.3) is 0 Å². The van der Waals surface area contributed by atoms with Gasteiger partial charge in [0.05, 0.1) is 22.9 Å². The van der Waals surface area contributed by atoms with E-state index in [0.717, 1.165) is 29.0 Å². The van der Waals surface area contributed by atoms with Crippen molar-refractivity contribution in [2.75, 3.05) is 6.61 Å². The van der Waals surface area contributed by atoms with Crippen molar-refractivity contribution < 1.29 is 14.0 Å². The molecule has 0 aliphatic carbocycles. The Hall–Kier alpha value is -1.15. The van der Waals surface area contributed by atoms with E-state index in [4.69, 9.17) is 14.0 Å². The van der Waals surface area contributed by atoms with Gasteiger partial charge in [0.1, 0.15) is 6.73 Å². The highest BCUT2D eigenvalue weighted by atomic mass is 28.3. The average Bonchev–Trinajstić information content (AvgIpc) is 2.98. The number of hydrogen-bond acceptors (Lipinski definition) is 4. The zero-order chi connectivity index (χ0) is 19.2. The van der Waals surface area contributed by atoms with Crippen LogP contribution in [0.3, 0.4) is 0 Å². The van der Waals surface area contributed by atoms with Gasteiger partial charge in [0, 0.05) is 37.9 Å². The van der Waals surface area contributed by atoms with Crippen molar-refractivity contribution in [3.05, 3.63) is 24.7 Å². The minimum Gasteiger partial charge on any atom is -0.399 e. The smallest absolute Gasteiger partial charge is 0.399 e. The summed E-state index contributed by atoms with van der Waals surface area (Å²) < 4.78 is 20.6. The van der Waals surface area contributed by atoms with Gasteiger partial charge < -0.3 is 18.6 Å². The molecule has 1 fully saturated rings. The molecule has 1 aliphatic heterocycles. The maximum atomic E-state index is 6.25. The van der Waals surface area contributed by atoms with Crippen molar-refractivity contribution in [1.29, 1.82) is 0 Å². The molecular weight excluding hydrogens is 343 g/mol. The van der Waals surface area contributed by atoms with Gasteiger partial charge in [-0.15, -0.1) is 0 Å². The topological polar surface area (TPSA) is 45.5 Å². The second kappa shape index (κ2) is 6.78. The second-order valence-electron chi connectivity index (χ2n) is 9.38. The van der Waals surface area contributed by atoms with Crippen LogP contribution in [-0.4, -0.2) is 42.6 Å². The number of nitrogens with zero attached hydrogens (tertiary/aromatic N) is 2. The lowest BCUT2D eigenvalue weighted by molar-refractivity contribution is 0.00578. The predicted octanol–water partition coefficient (Wildman–Crippen LogP) is 3.65. The molecule has 7 heteroatoms. The van der Waals surface area contributed by atoms with Crippen molar-refractivity contribution in [3.63, 3.8) is 0 Å². The van der Waals surface area contributed by atoms with Crippen molar-refractivity contribution in [1.82, 2.24) is 9.55 Å². The van der Waals surface area contributed by atoms with Crippen LogP contribution in [0.1, 0.15) is 27.7 Å². The number of pyridine rings is 1. The van der Waals surface area contributed by atoms with Gasteiger partial charge in [0.15, 0.2) is 0 Å². The molecule has 2 aromatic rings. The minimum atomic E-state index is -1.08. The summed E-state index contributed by atoms with van der Waals surface area (Å²) in [6.07, 6.45) is 5.78. The number of hydrogen-bond donors (Lipinski definition) is 0. The highest BCUT2D eigenvalue weighted by molar-refractivity contribution is 6.76. The Balaban J connectivity index is 1.82. The number of fused-ring (bicyclic) bond motifs is 1. The van der Waals surface area contributed by atoms with Crippen LogP contribution in [0.2, 0.25) is 25.7 Å². The number of ether oxygens (including phenoxy) is 1. The quantitative estimate of drug-likeness (QED) is 0.572. The number of aromatic nitrogens is 2. The van der Waals surface area contributed by atoms with Crippen LogP contribution in [0.5, 0.6) is 0 Å². The monoisotopic (exact) mass is 374 g/mol. The molecule has 1 aliphatic rings. The van der Waals surface area contributed by atoms with E-state index in [9.17, 15) is 0 Å². The zero-order valence-electron chi connectivity index (χ0n) is 17.1. The third-order valence-electron chi connectivity index (χ3n) is 5.45. The molecule has 5 nitrogen and oxygen atoms in total. The second-order valence-corrected chi connectivity index (χ2v) is 15.0. The van der Waals surface area contributed by atoms with Gasteiger partial charge in [-0.25, -0.2) is 0 Å². The van der Waals surface area contributed by atoms with E-state index in [1.54, 1.807) is 0 Å². The predicted molar refractivity (Wildman–Crippen MR) is 110 cm³/mol. The molecule has 0 bridgehead atoms. The lowest BCUT2D eigenvalue weighted by atomic mass is 9.79. The summed E-state index contributed by atoms with van der Waals surface area (Å²) in [5.74, 6) is 0. The van der Waals surface area contributed by atoms with Crippen LogP contribution in [0, 0.1) is 0 Å².